The third-order valence-corrected chi connectivity index (χ3v) is 3.76. The van der Waals surface area contributed by atoms with Crippen LogP contribution in [0.4, 0.5) is 0 Å². The van der Waals surface area contributed by atoms with Crippen LogP contribution in [0.5, 0.6) is 0 Å². The number of rotatable bonds is 2. The lowest BCUT2D eigenvalue weighted by atomic mass is 9.96. The van der Waals surface area contributed by atoms with E-state index < -0.39 is 0 Å². The molecule has 1 aliphatic rings. The summed E-state index contributed by atoms with van der Waals surface area (Å²) in [5.74, 6) is 0. The van der Waals surface area contributed by atoms with Crippen LogP contribution < -0.4 is 5.73 Å². The molecule has 5 heteroatoms. The Morgan fingerprint density at radius 3 is 2.33 bits per heavy atom. The molecular formula is C10H16ClN3S. The van der Waals surface area contributed by atoms with Gasteiger partial charge in [0.1, 0.15) is 0 Å². The first-order chi connectivity index (χ1) is 6.84. The molecule has 1 saturated carbocycles. The molecular weight excluding hydrogens is 230 g/mol. The van der Waals surface area contributed by atoms with Crippen LogP contribution in [0.25, 0.3) is 0 Å². The third-order valence-electron chi connectivity index (χ3n) is 2.53. The number of nitrogens with zero attached hydrogens (tertiary/aromatic N) is 2. The van der Waals surface area contributed by atoms with Gasteiger partial charge in [0.15, 0.2) is 5.16 Å². The van der Waals surface area contributed by atoms with Gasteiger partial charge in [0.2, 0.25) is 0 Å². The lowest BCUT2D eigenvalue weighted by Crippen LogP contribution is -2.27. The van der Waals surface area contributed by atoms with E-state index in [2.05, 4.69) is 9.97 Å². The van der Waals surface area contributed by atoms with E-state index in [4.69, 9.17) is 5.73 Å². The molecule has 3 nitrogen and oxygen atoms in total. The Kier molecular flexibility index (Phi) is 5.36. The highest BCUT2D eigenvalue weighted by Gasteiger charge is 2.19. The van der Waals surface area contributed by atoms with Gasteiger partial charge in [-0.15, -0.1) is 12.4 Å². The average Bonchev–Trinajstić information content (AvgIpc) is 2.23. The molecule has 0 bridgehead atoms. The summed E-state index contributed by atoms with van der Waals surface area (Å²) in [6, 6.07) is 2.27. The molecule has 2 N–H and O–H groups in total. The minimum Gasteiger partial charge on any atom is -0.328 e. The fourth-order valence-electron chi connectivity index (χ4n) is 1.70. The second kappa shape index (κ2) is 6.30. The number of hydrogen-bond donors (Lipinski definition) is 1. The molecule has 0 saturated heterocycles. The summed E-state index contributed by atoms with van der Waals surface area (Å²) >= 11 is 1.79. The largest absolute Gasteiger partial charge is 0.328 e. The number of hydrogen-bond acceptors (Lipinski definition) is 4. The number of nitrogens with two attached hydrogens (primary N) is 1. The van der Waals surface area contributed by atoms with Crippen molar-refractivity contribution < 1.29 is 0 Å². The summed E-state index contributed by atoms with van der Waals surface area (Å²) in [5, 5.41) is 1.56. The van der Waals surface area contributed by atoms with Gasteiger partial charge in [0, 0.05) is 23.7 Å². The highest BCUT2D eigenvalue weighted by atomic mass is 35.5. The second-order valence-electron chi connectivity index (χ2n) is 3.69. The van der Waals surface area contributed by atoms with E-state index in [0.29, 0.717) is 11.3 Å². The average molecular weight is 246 g/mol. The van der Waals surface area contributed by atoms with Crippen LogP contribution in [0.3, 0.4) is 0 Å². The smallest absolute Gasteiger partial charge is 0.187 e. The summed E-state index contributed by atoms with van der Waals surface area (Å²) in [6.45, 7) is 0. The predicted molar refractivity (Wildman–Crippen MR) is 65.4 cm³/mol. The topological polar surface area (TPSA) is 51.8 Å². The van der Waals surface area contributed by atoms with E-state index in [-0.39, 0.29) is 12.4 Å². The van der Waals surface area contributed by atoms with E-state index in [1.165, 1.54) is 12.8 Å². The molecule has 0 spiro atoms. The van der Waals surface area contributed by atoms with Gasteiger partial charge in [0.25, 0.3) is 0 Å². The molecule has 1 heterocycles. The Hall–Kier alpha value is -0.320. The Bertz CT molecular complexity index is 275. The zero-order valence-electron chi connectivity index (χ0n) is 8.50. The zero-order valence-corrected chi connectivity index (χ0v) is 10.1. The molecule has 1 aliphatic carbocycles. The highest BCUT2D eigenvalue weighted by Crippen LogP contribution is 2.30. The maximum atomic E-state index is 5.85. The van der Waals surface area contributed by atoms with Crippen molar-refractivity contribution in [1.29, 1.82) is 0 Å². The monoisotopic (exact) mass is 245 g/mol. The lowest BCUT2D eigenvalue weighted by Gasteiger charge is -2.24. The molecule has 0 amide bonds. The van der Waals surface area contributed by atoms with Crippen LogP contribution >= 0.6 is 24.2 Å². The minimum absolute atomic E-state index is 0. The summed E-state index contributed by atoms with van der Waals surface area (Å²) < 4.78 is 0. The van der Waals surface area contributed by atoms with Crippen molar-refractivity contribution >= 4 is 24.2 Å². The molecule has 84 valence electrons. The molecule has 1 aromatic rings. The molecule has 15 heavy (non-hydrogen) atoms. The molecule has 0 aromatic carbocycles. The Morgan fingerprint density at radius 2 is 1.73 bits per heavy atom. The lowest BCUT2D eigenvalue weighted by molar-refractivity contribution is 0.450. The first-order valence-electron chi connectivity index (χ1n) is 5.04. The van der Waals surface area contributed by atoms with Crippen LogP contribution in [-0.4, -0.2) is 21.3 Å². The van der Waals surface area contributed by atoms with Crippen LogP contribution in [0.1, 0.15) is 25.7 Å². The van der Waals surface area contributed by atoms with Gasteiger partial charge < -0.3 is 5.73 Å². The summed E-state index contributed by atoms with van der Waals surface area (Å²) in [6.07, 6.45) is 8.27. The molecule has 0 unspecified atom stereocenters. The van der Waals surface area contributed by atoms with Gasteiger partial charge in [-0.2, -0.15) is 0 Å². The summed E-state index contributed by atoms with van der Waals surface area (Å²) in [5.41, 5.74) is 5.85. The van der Waals surface area contributed by atoms with Crippen molar-refractivity contribution in [2.45, 2.75) is 42.1 Å². The standard InChI is InChI=1S/C10H15N3S.ClH/c11-8-2-4-9(5-3-8)14-10-12-6-1-7-13-10;/h1,6-9H,2-5,11H2;1H. The van der Waals surface area contributed by atoms with Crippen LogP contribution in [0, 0.1) is 0 Å². The van der Waals surface area contributed by atoms with Crippen molar-refractivity contribution in [2.24, 2.45) is 5.73 Å². The van der Waals surface area contributed by atoms with Gasteiger partial charge in [0.05, 0.1) is 0 Å². The van der Waals surface area contributed by atoms with Gasteiger partial charge in [-0.1, -0.05) is 11.8 Å². The number of aromatic nitrogens is 2. The fourth-order valence-corrected chi connectivity index (χ4v) is 2.75. The van der Waals surface area contributed by atoms with Crippen molar-refractivity contribution in [1.82, 2.24) is 9.97 Å². The fraction of sp³-hybridized carbons (Fsp3) is 0.600. The molecule has 1 fully saturated rings. The van der Waals surface area contributed by atoms with Gasteiger partial charge >= 0.3 is 0 Å². The summed E-state index contributed by atoms with van der Waals surface area (Å²) in [7, 11) is 0. The van der Waals surface area contributed by atoms with E-state index in [1.807, 2.05) is 6.07 Å². The SMILES string of the molecule is Cl.NC1CCC(Sc2ncccn2)CC1. The maximum absolute atomic E-state index is 5.85. The molecule has 1 aromatic heterocycles. The Balaban J connectivity index is 0.00000112. The van der Waals surface area contributed by atoms with Crippen molar-refractivity contribution in [2.75, 3.05) is 0 Å². The number of halogens is 1. The van der Waals surface area contributed by atoms with Crippen molar-refractivity contribution in [3.05, 3.63) is 18.5 Å². The molecule has 0 aliphatic heterocycles. The Labute approximate surface area is 101 Å². The molecule has 2 rings (SSSR count). The second-order valence-corrected chi connectivity index (χ2v) is 4.95. The van der Waals surface area contributed by atoms with Gasteiger partial charge in [-0.05, 0) is 31.7 Å². The van der Waals surface area contributed by atoms with E-state index >= 15 is 0 Å². The zero-order chi connectivity index (χ0) is 9.80. The van der Waals surface area contributed by atoms with Gasteiger partial charge in [-0.25, -0.2) is 9.97 Å². The van der Waals surface area contributed by atoms with Crippen molar-refractivity contribution in [3.63, 3.8) is 0 Å². The predicted octanol–water partition coefficient (Wildman–Crippen LogP) is 2.26. The van der Waals surface area contributed by atoms with E-state index in [9.17, 15) is 0 Å². The minimum atomic E-state index is 0. The molecule has 0 radical (unpaired) electrons. The first kappa shape index (κ1) is 12.7. The molecule has 0 atom stereocenters. The van der Waals surface area contributed by atoms with Crippen LogP contribution in [0.2, 0.25) is 0 Å². The third kappa shape index (κ3) is 3.97. The Morgan fingerprint density at radius 1 is 1.13 bits per heavy atom. The highest BCUT2D eigenvalue weighted by molar-refractivity contribution is 7.99. The first-order valence-corrected chi connectivity index (χ1v) is 5.92. The van der Waals surface area contributed by atoms with E-state index in [0.717, 1.165) is 18.0 Å². The van der Waals surface area contributed by atoms with E-state index in [1.54, 1.807) is 24.2 Å². The quantitative estimate of drug-likeness (QED) is 0.813. The van der Waals surface area contributed by atoms with Gasteiger partial charge in [-0.3, -0.25) is 0 Å². The van der Waals surface area contributed by atoms with Crippen LogP contribution in [-0.2, 0) is 0 Å². The van der Waals surface area contributed by atoms with Crippen molar-refractivity contribution in [3.8, 4) is 0 Å². The summed E-state index contributed by atoms with van der Waals surface area (Å²) in [4.78, 5) is 8.42. The number of thioether (sulfide) groups is 1. The maximum Gasteiger partial charge on any atom is 0.187 e. The normalized spacial score (nSPS) is 25.7. The van der Waals surface area contributed by atoms with Crippen LogP contribution in [0.15, 0.2) is 23.6 Å².